The lowest BCUT2D eigenvalue weighted by Gasteiger charge is -2.04. The predicted molar refractivity (Wildman–Crippen MR) is 41.1 cm³/mol. The first-order chi connectivity index (χ1) is 4.13. The summed E-state index contributed by atoms with van der Waals surface area (Å²) in [5.41, 5.74) is 5.12. The molecule has 4 N–H and O–H groups in total. The molecule has 0 spiro atoms. The van der Waals surface area contributed by atoms with Crippen LogP contribution < -0.4 is 11.1 Å². The van der Waals surface area contributed by atoms with Gasteiger partial charge in [0.1, 0.15) is 0 Å². The Labute approximate surface area is 60.2 Å². The number of nitrogens with two attached hydrogens (primary N) is 1. The van der Waals surface area contributed by atoms with E-state index in [9.17, 15) is 0 Å². The zero-order chi connectivity index (χ0) is 7.28. The summed E-state index contributed by atoms with van der Waals surface area (Å²) in [6, 6.07) is 0. The Balaban J connectivity index is 3.01. The first-order valence-electron chi connectivity index (χ1n) is 2.84. The lowest BCUT2D eigenvalue weighted by atomic mass is 10.3. The van der Waals surface area contributed by atoms with Crippen molar-refractivity contribution >= 4 is 17.3 Å². The third-order valence-corrected chi connectivity index (χ3v) is 1.01. The van der Waals surface area contributed by atoms with Crippen LogP contribution in [0.15, 0.2) is 0 Å². The number of aliphatic hydroxyl groups is 1. The minimum atomic E-state index is -0.285. The molecule has 0 aromatic carbocycles. The van der Waals surface area contributed by atoms with E-state index in [1.807, 2.05) is 0 Å². The molecule has 0 unspecified atom stereocenters. The number of nitrogens with one attached hydrogen (secondary N) is 1. The molecular formula is C5H12N2OS. The van der Waals surface area contributed by atoms with Crippen molar-refractivity contribution < 1.29 is 5.11 Å². The first-order valence-corrected chi connectivity index (χ1v) is 3.25. The van der Waals surface area contributed by atoms with E-state index in [1.54, 1.807) is 6.92 Å². The van der Waals surface area contributed by atoms with E-state index in [2.05, 4.69) is 17.5 Å². The molecule has 0 aliphatic carbocycles. The van der Waals surface area contributed by atoms with Crippen LogP contribution in [0.2, 0.25) is 0 Å². The van der Waals surface area contributed by atoms with Crippen LogP contribution in [-0.2, 0) is 0 Å². The van der Waals surface area contributed by atoms with E-state index in [0.29, 0.717) is 13.0 Å². The quantitative estimate of drug-likeness (QED) is 0.476. The summed E-state index contributed by atoms with van der Waals surface area (Å²) in [6.07, 6.45) is 0.393. The molecule has 0 aromatic heterocycles. The van der Waals surface area contributed by atoms with Crippen molar-refractivity contribution in [2.75, 3.05) is 6.54 Å². The zero-order valence-corrected chi connectivity index (χ0v) is 6.24. The lowest BCUT2D eigenvalue weighted by molar-refractivity contribution is 0.186. The van der Waals surface area contributed by atoms with E-state index in [4.69, 9.17) is 10.8 Å². The molecule has 0 aromatic rings. The summed E-state index contributed by atoms with van der Waals surface area (Å²) >= 11 is 4.53. The van der Waals surface area contributed by atoms with Crippen molar-refractivity contribution in [3.8, 4) is 0 Å². The van der Waals surface area contributed by atoms with Gasteiger partial charge in [-0.3, -0.25) is 0 Å². The second-order valence-corrected chi connectivity index (χ2v) is 2.37. The van der Waals surface area contributed by atoms with Crippen LogP contribution in [0.1, 0.15) is 13.3 Å². The Kier molecular flexibility index (Phi) is 4.35. The summed E-state index contributed by atoms with van der Waals surface area (Å²) in [6.45, 7) is 2.37. The van der Waals surface area contributed by atoms with Crippen molar-refractivity contribution in [2.45, 2.75) is 19.4 Å². The van der Waals surface area contributed by atoms with Gasteiger partial charge in [0.05, 0.1) is 6.10 Å². The molecule has 4 heteroatoms. The van der Waals surface area contributed by atoms with Gasteiger partial charge in [0.25, 0.3) is 0 Å². The third kappa shape index (κ3) is 7.65. The fraction of sp³-hybridized carbons (Fsp3) is 0.800. The summed E-state index contributed by atoms with van der Waals surface area (Å²) < 4.78 is 0. The maximum atomic E-state index is 8.74. The SMILES string of the molecule is C[C@H](O)CCNC(N)=S. The van der Waals surface area contributed by atoms with E-state index in [1.165, 1.54) is 0 Å². The van der Waals surface area contributed by atoms with Gasteiger partial charge in [-0.05, 0) is 25.6 Å². The van der Waals surface area contributed by atoms with Crippen molar-refractivity contribution in [2.24, 2.45) is 5.73 Å². The molecule has 0 bridgehead atoms. The minimum absolute atomic E-state index is 0.285. The van der Waals surface area contributed by atoms with Gasteiger partial charge in [0.15, 0.2) is 5.11 Å². The number of rotatable bonds is 3. The molecule has 54 valence electrons. The molecule has 9 heavy (non-hydrogen) atoms. The molecule has 0 rings (SSSR count). The Morgan fingerprint density at radius 3 is 2.78 bits per heavy atom. The fourth-order valence-electron chi connectivity index (χ4n) is 0.404. The van der Waals surface area contributed by atoms with E-state index < -0.39 is 0 Å². The highest BCUT2D eigenvalue weighted by Crippen LogP contribution is 1.84. The maximum Gasteiger partial charge on any atom is 0.163 e. The molecule has 0 saturated carbocycles. The Hall–Kier alpha value is -0.350. The normalized spacial score (nSPS) is 12.7. The average molecular weight is 148 g/mol. The second kappa shape index (κ2) is 4.52. The van der Waals surface area contributed by atoms with Crippen molar-refractivity contribution in [1.29, 1.82) is 0 Å². The molecule has 0 aliphatic heterocycles. The van der Waals surface area contributed by atoms with Crippen LogP contribution in [0.5, 0.6) is 0 Å². The number of hydrogen-bond acceptors (Lipinski definition) is 2. The topological polar surface area (TPSA) is 58.3 Å². The fourth-order valence-corrected chi connectivity index (χ4v) is 0.506. The summed E-state index contributed by atoms with van der Waals surface area (Å²) in [5.74, 6) is 0. The predicted octanol–water partition coefficient (Wildman–Crippen LogP) is -0.409. The number of thiocarbonyl (C=S) groups is 1. The summed E-state index contributed by atoms with van der Waals surface area (Å²) in [5, 5.41) is 11.8. The van der Waals surface area contributed by atoms with Crippen LogP contribution in [0.25, 0.3) is 0 Å². The smallest absolute Gasteiger partial charge is 0.163 e. The Morgan fingerprint density at radius 1 is 1.89 bits per heavy atom. The third-order valence-electron chi connectivity index (χ3n) is 0.861. The van der Waals surface area contributed by atoms with Gasteiger partial charge in [-0.15, -0.1) is 0 Å². The largest absolute Gasteiger partial charge is 0.393 e. The van der Waals surface area contributed by atoms with Crippen LogP contribution in [0.3, 0.4) is 0 Å². The molecule has 3 nitrogen and oxygen atoms in total. The van der Waals surface area contributed by atoms with Crippen LogP contribution in [-0.4, -0.2) is 22.9 Å². The zero-order valence-electron chi connectivity index (χ0n) is 5.42. The number of aliphatic hydroxyl groups excluding tert-OH is 1. The lowest BCUT2D eigenvalue weighted by Crippen LogP contribution is -2.31. The van der Waals surface area contributed by atoms with Gasteiger partial charge in [0, 0.05) is 6.54 Å². The highest BCUT2D eigenvalue weighted by atomic mass is 32.1. The van der Waals surface area contributed by atoms with Gasteiger partial charge in [0.2, 0.25) is 0 Å². The molecule has 0 amide bonds. The minimum Gasteiger partial charge on any atom is -0.393 e. The highest BCUT2D eigenvalue weighted by Gasteiger charge is 1.93. The van der Waals surface area contributed by atoms with E-state index >= 15 is 0 Å². The molecule has 0 radical (unpaired) electrons. The van der Waals surface area contributed by atoms with Crippen molar-refractivity contribution in [3.05, 3.63) is 0 Å². The van der Waals surface area contributed by atoms with Gasteiger partial charge in [-0.1, -0.05) is 0 Å². The van der Waals surface area contributed by atoms with Crippen LogP contribution in [0.4, 0.5) is 0 Å². The Morgan fingerprint density at radius 2 is 2.44 bits per heavy atom. The van der Waals surface area contributed by atoms with Gasteiger partial charge < -0.3 is 16.2 Å². The molecule has 0 saturated heterocycles. The standard InChI is InChI=1S/C5H12N2OS/c1-4(8)2-3-7-5(6)9/h4,8H,2-3H2,1H3,(H3,6,7,9)/t4-/m0/s1. The highest BCUT2D eigenvalue weighted by molar-refractivity contribution is 7.80. The summed E-state index contributed by atoms with van der Waals surface area (Å²) in [7, 11) is 0. The molecule has 0 heterocycles. The average Bonchev–Trinajstić information content (AvgIpc) is 1.63. The molecule has 0 fully saturated rings. The van der Waals surface area contributed by atoms with Crippen molar-refractivity contribution in [1.82, 2.24) is 5.32 Å². The van der Waals surface area contributed by atoms with Gasteiger partial charge >= 0.3 is 0 Å². The molecule has 1 atom stereocenters. The second-order valence-electron chi connectivity index (χ2n) is 1.93. The van der Waals surface area contributed by atoms with Crippen LogP contribution >= 0.6 is 12.2 Å². The van der Waals surface area contributed by atoms with Crippen LogP contribution in [0, 0.1) is 0 Å². The maximum absolute atomic E-state index is 8.74. The van der Waals surface area contributed by atoms with E-state index in [0.717, 1.165) is 0 Å². The Bertz CT molecular complexity index is 95.0. The van der Waals surface area contributed by atoms with Crippen molar-refractivity contribution in [3.63, 3.8) is 0 Å². The molecular weight excluding hydrogens is 136 g/mol. The summed E-state index contributed by atoms with van der Waals surface area (Å²) in [4.78, 5) is 0. The van der Waals surface area contributed by atoms with Gasteiger partial charge in [-0.2, -0.15) is 0 Å². The van der Waals surface area contributed by atoms with Gasteiger partial charge in [-0.25, -0.2) is 0 Å². The monoisotopic (exact) mass is 148 g/mol. The van der Waals surface area contributed by atoms with E-state index in [-0.39, 0.29) is 11.2 Å². The molecule has 0 aliphatic rings. The number of hydrogen-bond donors (Lipinski definition) is 3. The first kappa shape index (κ1) is 8.65.